The van der Waals surface area contributed by atoms with Crippen molar-refractivity contribution in [1.29, 1.82) is 0 Å². The molecule has 1 aliphatic rings. The summed E-state index contributed by atoms with van der Waals surface area (Å²) < 4.78 is 0. The summed E-state index contributed by atoms with van der Waals surface area (Å²) in [5.74, 6) is -0.228. The van der Waals surface area contributed by atoms with E-state index in [1.165, 1.54) is 0 Å². The Bertz CT molecular complexity index is 810. The van der Waals surface area contributed by atoms with Crippen LogP contribution >= 0.6 is 0 Å². The van der Waals surface area contributed by atoms with Crippen molar-refractivity contribution >= 4 is 23.3 Å². The van der Waals surface area contributed by atoms with E-state index in [9.17, 15) is 14.7 Å². The van der Waals surface area contributed by atoms with Gasteiger partial charge in [-0.3, -0.25) is 4.79 Å². The van der Waals surface area contributed by atoms with Crippen molar-refractivity contribution < 1.29 is 14.7 Å². The zero-order valence-electron chi connectivity index (χ0n) is 15.2. The zero-order chi connectivity index (χ0) is 19.2. The van der Waals surface area contributed by atoms with E-state index in [1.807, 2.05) is 25.1 Å². The number of hydrogen-bond acceptors (Lipinski definition) is 4. The third-order valence-corrected chi connectivity index (χ3v) is 4.61. The van der Waals surface area contributed by atoms with Crippen LogP contribution in [0.1, 0.15) is 15.9 Å². The maximum atomic E-state index is 12.4. The van der Waals surface area contributed by atoms with Crippen LogP contribution in [-0.2, 0) is 0 Å². The smallest absolute Gasteiger partial charge is 0.323 e. The van der Waals surface area contributed by atoms with Crippen LogP contribution in [0, 0.1) is 12.8 Å². The molecule has 3 amide bonds. The van der Waals surface area contributed by atoms with Crippen LogP contribution in [0.15, 0.2) is 48.5 Å². The van der Waals surface area contributed by atoms with Crippen LogP contribution in [-0.4, -0.2) is 42.8 Å². The lowest BCUT2D eigenvalue weighted by molar-refractivity contribution is 0.0927. The largest absolute Gasteiger partial charge is 0.391 e. The van der Waals surface area contributed by atoms with Gasteiger partial charge < -0.3 is 26.4 Å². The molecule has 2 aromatic carbocycles. The van der Waals surface area contributed by atoms with Crippen LogP contribution in [0.25, 0.3) is 0 Å². The lowest BCUT2D eigenvalue weighted by Crippen LogP contribution is -2.34. The number of urea groups is 1. The summed E-state index contributed by atoms with van der Waals surface area (Å²) in [5, 5.41) is 21.3. The van der Waals surface area contributed by atoms with E-state index >= 15 is 0 Å². The molecule has 2 unspecified atom stereocenters. The Morgan fingerprint density at radius 1 is 1.11 bits per heavy atom. The highest BCUT2D eigenvalue weighted by molar-refractivity contribution is 6.02. The highest BCUT2D eigenvalue weighted by atomic mass is 16.3. The normalized spacial score (nSPS) is 18.7. The number of nitrogens with one attached hydrogen (secondary N) is 4. The molecule has 0 radical (unpaired) electrons. The van der Waals surface area contributed by atoms with E-state index in [-0.39, 0.29) is 17.9 Å². The predicted octanol–water partition coefficient (Wildman–Crippen LogP) is 1.95. The van der Waals surface area contributed by atoms with E-state index in [0.717, 1.165) is 5.56 Å². The van der Waals surface area contributed by atoms with Gasteiger partial charge in [-0.2, -0.15) is 0 Å². The molecule has 7 nitrogen and oxygen atoms in total. The third kappa shape index (κ3) is 5.06. The molecule has 7 heteroatoms. The average Bonchev–Trinajstić information content (AvgIpc) is 3.07. The van der Waals surface area contributed by atoms with E-state index in [2.05, 4.69) is 21.3 Å². The number of aliphatic hydroxyl groups is 1. The monoisotopic (exact) mass is 368 g/mol. The highest BCUT2D eigenvalue weighted by Gasteiger charge is 2.25. The standard InChI is InChI=1S/C20H24N4O3/c1-13-7-8-14(19(26)22-11-15-10-21-12-18(15)25)9-17(13)24-20(27)23-16-5-3-2-4-6-16/h2-9,15,18,21,25H,10-12H2,1H3,(H,22,26)(H2,23,24,27). The minimum absolute atomic E-state index is 0.00800. The molecule has 1 aliphatic heterocycles. The number of carbonyl (C=O) groups excluding carboxylic acids is 2. The second kappa shape index (κ2) is 8.66. The van der Waals surface area contributed by atoms with Gasteiger partial charge in [-0.15, -0.1) is 0 Å². The third-order valence-electron chi connectivity index (χ3n) is 4.61. The highest BCUT2D eigenvalue weighted by Crippen LogP contribution is 2.18. The molecule has 1 heterocycles. The zero-order valence-corrected chi connectivity index (χ0v) is 15.2. The van der Waals surface area contributed by atoms with Crippen molar-refractivity contribution in [3.63, 3.8) is 0 Å². The van der Waals surface area contributed by atoms with Gasteiger partial charge in [0.1, 0.15) is 0 Å². The van der Waals surface area contributed by atoms with Gasteiger partial charge >= 0.3 is 6.03 Å². The maximum Gasteiger partial charge on any atom is 0.323 e. The topological polar surface area (TPSA) is 102 Å². The SMILES string of the molecule is Cc1ccc(C(=O)NCC2CNCC2O)cc1NC(=O)Nc1ccccc1. The molecule has 0 aromatic heterocycles. The molecule has 0 spiro atoms. The quantitative estimate of drug-likeness (QED) is 0.557. The molecule has 1 fully saturated rings. The van der Waals surface area contributed by atoms with E-state index in [0.29, 0.717) is 36.6 Å². The first-order valence-electron chi connectivity index (χ1n) is 8.93. The molecule has 0 saturated carbocycles. The number of amides is 3. The van der Waals surface area contributed by atoms with Crippen molar-refractivity contribution in [2.24, 2.45) is 5.92 Å². The maximum absolute atomic E-state index is 12.4. The van der Waals surface area contributed by atoms with Crippen molar-refractivity contribution in [3.05, 3.63) is 59.7 Å². The van der Waals surface area contributed by atoms with Gasteiger partial charge in [0, 0.05) is 42.5 Å². The summed E-state index contributed by atoms with van der Waals surface area (Å²) in [5.41, 5.74) is 2.56. The van der Waals surface area contributed by atoms with Gasteiger partial charge in [-0.1, -0.05) is 24.3 Å². The van der Waals surface area contributed by atoms with Gasteiger partial charge in [-0.25, -0.2) is 4.79 Å². The van der Waals surface area contributed by atoms with E-state index < -0.39 is 6.10 Å². The molecule has 27 heavy (non-hydrogen) atoms. The summed E-state index contributed by atoms with van der Waals surface area (Å²) in [7, 11) is 0. The summed E-state index contributed by atoms with van der Waals surface area (Å²) >= 11 is 0. The van der Waals surface area contributed by atoms with Crippen molar-refractivity contribution in [3.8, 4) is 0 Å². The number of rotatable bonds is 5. The van der Waals surface area contributed by atoms with Gasteiger partial charge in [0.05, 0.1) is 6.10 Å². The molecule has 5 N–H and O–H groups in total. The average molecular weight is 368 g/mol. The fourth-order valence-corrected chi connectivity index (χ4v) is 2.96. The van der Waals surface area contributed by atoms with Crippen LogP contribution in [0.4, 0.5) is 16.2 Å². The Hall–Kier alpha value is -2.90. The second-order valence-electron chi connectivity index (χ2n) is 6.67. The molecule has 0 bridgehead atoms. The second-order valence-corrected chi connectivity index (χ2v) is 6.67. The molecular formula is C20H24N4O3. The fourth-order valence-electron chi connectivity index (χ4n) is 2.96. The van der Waals surface area contributed by atoms with E-state index in [1.54, 1.807) is 30.3 Å². The summed E-state index contributed by atoms with van der Waals surface area (Å²) in [6, 6.07) is 13.9. The van der Waals surface area contributed by atoms with Gasteiger partial charge in [-0.05, 0) is 36.8 Å². The molecule has 3 rings (SSSR count). The number of para-hydroxylation sites is 1. The molecule has 2 aromatic rings. The van der Waals surface area contributed by atoms with Crippen molar-refractivity contribution in [2.75, 3.05) is 30.3 Å². The molecule has 0 aliphatic carbocycles. The molecular weight excluding hydrogens is 344 g/mol. The Labute approximate surface area is 158 Å². The summed E-state index contributed by atoms with van der Waals surface area (Å²) in [4.78, 5) is 24.6. The Kier molecular flexibility index (Phi) is 6.05. The van der Waals surface area contributed by atoms with Gasteiger partial charge in [0.2, 0.25) is 0 Å². The number of aryl methyl sites for hydroxylation is 1. The Morgan fingerprint density at radius 3 is 2.59 bits per heavy atom. The van der Waals surface area contributed by atoms with Crippen LogP contribution in [0.2, 0.25) is 0 Å². The molecule has 142 valence electrons. The minimum Gasteiger partial charge on any atom is -0.391 e. The van der Waals surface area contributed by atoms with Crippen molar-refractivity contribution in [2.45, 2.75) is 13.0 Å². The number of benzene rings is 2. The van der Waals surface area contributed by atoms with Crippen LogP contribution in [0.3, 0.4) is 0 Å². The Morgan fingerprint density at radius 2 is 1.89 bits per heavy atom. The summed E-state index contributed by atoms with van der Waals surface area (Å²) in [6.45, 7) is 3.50. The van der Waals surface area contributed by atoms with Crippen molar-refractivity contribution in [1.82, 2.24) is 10.6 Å². The first kappa shape index (κ1) is 18.9. The number of β-amino-alcohol motifs (C(OH)–C–C–N with tert-alkyl or cyclic N) is 1. The number of aliphatic hydroxyl groups excluding tert-OH is 1. The molecule has 2 atom stereocenters. The lowest BCUT2D eigenvalue weighted by atomic mass is 10.1. The molecule has 1 saturated heterocycles. The van der Waals surface area contributed by atoms with Crippen LogP contribution in [0.5, 0.6) is 0 Å². The first-order chi connectivity index (χ1) is 13.0. The van der Waals surface area contributed by atoms with Gasteiger partial charge in [0.15, 0.2) is 0 Å². The van der Waals surface area contributed by atoms with E-state index in [4.69, 9.17) is 0 Å². The number of carbonyl (C=O) groups is 2. The number of hydrogen-bond donors (Lipinski definition) is 5. The lowest BCUT2D eigenvalue weighted by Gasteiger charge is -2.15. The predicted molar refractivity (Wildman–Crippen MR) is 105 cm³/mol. The summed E-state index contributed by atoms with van der Waals surface area (Å²) in [6.07, 6.45) is -0.442. The minimum atomic E-state index is -0.442. The first-order valence-corrected chi connectivity index (χ1v) is 8.93. The Balaban J connectivity index is 1.61. The fraction of sp³-hybridized carbons (Fsp3) is 0.300. The number of anilines is 2. The van der Waals surface area contributed by atoms with Gasteiger partial charge in [0.25, 0.3) is 5.91 Å². The van der Waals surface area contributed by atoms with Crippen LogP contribution < -0.4 is 21.3 Å².